The molecule has 224 valence electrons. The van der Waals surface area contributed by atoms with Gasteiger partial charge in [-0.15, -0.1) is 0 Å². The number of carbonyl (C=O) groups is 1. The van der Waals surface area contributed by atoms with Gasteiger partial charge < -0.3 is 24.6 Å². The van der Waals surface area contributed by atoms with Crippen LogP contribution in [-0.2, 0) is 10.0 Å². The Morgan fingerprint density at radius 2 is 1.33 bits per heavy atom. The molecule has 1 amide bonds. The normalized spacial score (nSPS) is 14.2. The summed E-state index contributed by atoms with van der Waals surface area (Å²) >= 11 is 0. The molecular formula is C33H36N4O5S. The van der Waals surface area contributed by atoms with Crippen LogP contribution in [0.3, 0.4) is 0 Å². The van der Waals surface area contributed by atoms with Crippen molar-refractivity contribution in [1.29, 1.82) is 0 Å². The molecule has 43 heavy (non-hydrogen) atoms. The van der Waals surface area contributed by atoms with Crippen LogP contribution in [0, 0.1) is 0 Å². The van der Waals surface area contributed by atoms with Crippen LogP contribution in [0.4, 0.5) is 17.1 Å². The molecule has 0 aliphatic carbocycles. The predicted molar refractivity (Wildman–Crippen MR) is 170 cm³/mol. The van der Waals surface area contributed by atoms with Crippen LogP contribution in [0.15, 0.2) is 102 Å². The second kappa shape index (κ2) is 13.2. The lowest BCUT2D eigenvalue weighted by molar-refractivity contribution is 0.102. The molecule has 1 unspecified atom stereocenters. The first-order valence-corrected chi connectivity index (χ1v) is 15.6. The zero-order chi connectivity index (χ0) is 30.4. The first-order valence-electron chi connectivity index (χ1n) is 14.1. The summed E-state index contributed by atoms with van der Waals surface area (Å²) in [5.74, 6) is 0.828. The van der Waals surface area contributed by atoms with Crippen LogP contribution < -0.4 is 29.3 Å². The summed E-state index contributed by atoms with van der Waals surface area (Å²) in [6.45, 7) is 4.37. The van der Waals surface area contributed by atoms with E-state index in [0.29, 0.717) is 48.9 Å². The number of amides is 1. The van der Waals surface area contributed by atoms with Crippen molar-refractivity contribution < 1.29 is 22.7 Å². The molecule has 4 aromatic rings. The molecule has 1 heterocycles. The molecule has 1 fully saturated rings. The number of hydrogen-bond donors (Lipinski definition) is 2. The standard InChI is InChI=1S/C33H36N4O5S/c1-24(25-11-5-4-6-12-25)35-43(39,40)32-23-26(34-33(38)27-13-7-9-15-30(27)41-2)17-18-29(32)37-21-19-36(20-22-37)28-14-8-10-16-31(28)42-3/h4-18,23-24,35H,19-22H2,1-3H3,(H,34,38). The Balaban J connectivity index is 1.44. The van der Waals surface area contributed by atoms with Gasteiger partial charge in [0.2, 0.25) is 10.0 Å². The summed E-state index contributed by atoms with van der Waals surface area (Å²) in [4.78, 5) is 17.5. The molecule has 5 rings (SSSR count). The number of piperazine rings is 1. The summed E-state index contributed by atoms with van der Waals surface area (Å²) in [5.41, 5.74) is 3.13. The van der Waals surface area contributed by atoms with Crippen molar-refractivity contribution in [3.8, 4) is 11.5 Å². The van der Waals surface area contributed by atoms with E-state index in [2.05, 4.69) is 19.8 Å². The molecule has 10 heteroatoms. The number of sulfonamides is 1. The summed E-state index contributed by atoms with van der Waals surface area (Å²) in [6.07, 6.45) is 0. The average molecular weight is 601 g/mol. The minimum absolute atomic E-state index is 0.0962. The smallest absolute Gasteiger partial charge is 0.259 e. The summed E-state index contributed by atoms with van der Waals surface area (Å²) in [7, 11) is -0.846. The number of carbonyl (C=O) groups excluding carboxylic acids is 1. The predicted octanol–water partition coefficient (Wildman–Crippen LogP) is 5.32. The molecule has 0 saturated carbocycles. The van der Waals surface area contributed by atoms with E-state index in [1.165, 1.54) is 13.2 Å². The zero-order valence-electron chi connectivity index (χ0n) is 24.5. The Hall–Kier alpha value is -4.54. The fourth-order valence-electron chi connectivity index (χ4n) is 5.28. The quantitative estimate of drug-likeness (QED) is 0.254. The largest absolute Gasteiger partial charge is 0.496 e. The molecular weight excluding hydrogens is 564 g/mol. The van der Waals surface area contributed by atoms with E-state index in [1.807, 2.05) is 61.5 Å². The molecule has 2 N–H and O–H groups in total. The number of anilines is 3. The highest BCUT2D eigenvalue weighted by Gasteiger charge is 2.28. The maximum absolute atomic E-state index is 14.0. The summed E-state index contributed by atoms with van der Waals surface area (Å²) in [6, 6.07) is 28.7. The molecule has 9 nitrogen and oxygen atoms in total. The molecule has 4 aromatic carbocycles. The lowest BCUT2D eigenvalue weighted by Crippen LogP contribution is -2.47. The maximum atomic E-state index is 14.0. The molecule has 1 atom stereocenters. The third-order valence-corrected chi connectivity index (χ3v) is 9.11. The van der Waals surface area contributed by atoms with Gasteiger partial charge in [-0.25, -0.2) is 13.1 Å². The van der Waals surface area contributed by atoms with Crippen molar-refractivity contribution in [2.24, 2.45) is 0 Å². The highest BCUT2D eigenvalue weighted by molar-refractivity contribution is 7.89. The number of nitrogens with one attached hydrogen (secondary N) is 2. The second-order valence-corrected chi connectivity index (χ2v) is 11.9. The van der Waals surface area contributed by atoms with Crippen LogP contribution in [0.25, 0.3) is 0 Å². The van der Waals surface area contributed by atoms with Crippen LogP contribution >= 0.6 is 0 Å². The van der Waals surface area contributed by atoms with E-state index in [-0.39, 0.29) is 4.90 Å². The van der Waals surface area contributed by atoms with Gasteiger partial charge in [0.15, 0.2) is 0 Å². The number of nitrogens with zero attached hydrogens (tertiary/aromatic N) is 2. The van der Waals surface area contributed by atoms with Crippen molar-refractivity contribution in [3.05, 3.63) is 108 Å². The van der Waals surface area contributed by atoms with E-state index >= 15 is 0 Å². The van der Waals surface area contributed by atoms with Gasteiger partial charge in [-0.3, -0.25) is 4.79 Å². The number of ether oxygens (including phenoxy) is 2. The van der Waals surface area contributed by atoms with E-state index < -0.39 is 22.0 Å². The second-order valence-electron chi connectivity index (χ2n) is 10.2. The van der Waals surface area contributed by atoms with Crippen LogP contribution in [0.1, 0.15) is 28.9 Å². The lowest BCUT2D eigenvalue weighted by atomic mass is 10.1. The maximum Gasteiger partial charge on any atom is 0.259 e. The van der Waals surface area contributed by atoms with Crippen molar-refractivity contribution in [1.82, 2.24) is 4.72 Å². The molecule has 1 aliphatic heterocycles. The van der Waals surface area contributed by atoms with Crippen LogP contribution in [0.2, 0.25) is 0 Å². The fourth-order valence-corrected chi connectivity index (χ4v) is 6.77. The minimum atomic E-state index is -4.00. The molecule has 0 radical (unpaired) electrons. The van der Waals surface area contributed by atoms with Gasteiger partial charge in [0.1, 0.15) is 16.4 Å². The summed E-state index contributed by atoms with van der Waals surface area (Å²) < 4.78 is 41.6. The van der Waals surface area contributed by atoms with Gasteiger partial charge >= 0.3 is 0 Å². The number of methoxy groups -OCH3 is 2. The highest BCUT2D eigenvalue weighted by atomic mass is 32.2. The molecule has 1 aliphatic rings. The fraction of sp³-hybridized carbons (Fsp3) is 0.242. The zero-order valence-corrected chi connectivity index (χ0v) is 25.3. The minimum Gasteiger partial charge on any atom is -0.496 e. The molecule has 0 spiro atoms. The van der Waals surface area contributed by atoms with E-state index in [4.69, 9.17) is 9.47 Å². The van der Waals surface area contributed by atoms with Crippen LogP contribution in [0.5, 0.6) is 11.5 Å². The van der Waals surface area contributed by atoms with Gasteiger partial charge in [-0.1, -0.05) is 54.6 Å². The van der Waals surface area contributed by atoms with Crippen molar-refractivity contribution in [2.45, 2.75) is 17.9 Å². The highest BCUT2D eigenvalue weighted by Crippen LogP contribution is 2.33. The first kappa shape index (κ1) is 29.9. The van der Waals surface area contributed by atoms with E-state index in [1.54, 1.807) is 43.5 Å². The SMILES string of the molecule is COc1ccccc1C(=O)Nc1ccc(N2CCN(c3ccccc3OC)CC2)c(S(=O)(=O)NC(C)c2ccccc2)c1. The Labute approximate surface area is 253 Å². The lowest BCUT2D eigenvalue weighted by Gasteiger charge is -2.38. The first-order chi connectivity index (χ1) is 20.8. The Kier molecular flexibility index (Phi) is 9.18. The van der Waals surface area contributed by atoms with Gasteiger partial charge in [0.05, 0.1) is 31.2 Å². The number of hydrogen-bond acceptors (Lipinski definition) is 7. The Morgan fingerprint density at radius 3 is 2.00 bits per heavy atom. The molecule has 0 bridgehead atoms. The summed E-state index contributed by atoms with van der Waals surface area (Å²) in [5, 5.41) is 2.85. The third-order valence-electron chi connectivity index (χ3n) is 7.54. The van der Waals surface area contributed by atoms with E-state index in [0.717, 1.165) is 17.0 Å². The van der Waals surface area contributed by atoms with Gasteiger partial charge in [0.25, 0.3) is 5.91 Å². The third kappa shape index (κ3) is 6.76. The van der Waals surface area contributed by atoms with Gasteiger partial charge in [-0.2, -0.15) is 0 Å². The Bertz CT molecular complexity index is 1670. The van der Waals surface area contributed by atoms with Crippen molar-refractivity contribution >= 4 is 33.0 Å². The van der Waals surface area contributed by atoms with Crippen molar-refractivity contribution in [2.75, 3.05) is 55.5 Å². The average Bonchev–Trinajstić information content (AvgIpc) is 3.05. The van der Waals surface area contributed by atoms with Gasteiger partial charge in [-0.05, 0) is 55.0 Å². The number of para-hydroxylation sites is 3. The Morgan fingerprint density at radius 1 is 0.744 bits per heavy atom. The molecule has 0 aromatic heterocycles. The van der Waals surface area contributed by atoms with Crippen LogP contribution in [-0.4, -0.2) is 54.7 Å². The van der Waals surface area contributed by atoms with E-state index in [9.17, 15) is 13.2 Å². The molecule has 1 saturated heterocycles. The van der Waals surface area contributed by atoms with Crippen molar-refractivity contribution in [3.63, 3.8) is 0 Å². The number of benzene rings is 4. The topological polar surface area (TPSA) is 100 Å². The monoisotopic (exact) mass is 600 g/mol. The van der Waals surface area contributed by atoms with Gasteiger partial charge in [0, 0.05) is 37.9 Å². The number of rotatable bonds is 10.